The zero-order valence-electron chi connectivity index (χ0n) is 30.3. The van der Waals surface area contributed by atoms with E-state index in [4.69, 9.17) is 20.8 Å². The van der Waals surface area contributed by atoms with Crippen LogP contribution in [0.15, 0.2) is 148 Å². The van der Waals surface area contributed by atoms with Crippen molar-refractivity contribution in [1.82, 2.24) is 19.9 Å². The Hall–Kier alpha value is -7.86. The third kappa shape index (κ3) is 8.92. The number of halogens is 2. The number of nitrogens with zero attached hydrogens (tertiary/aromatic N) is 9. The highest BCUT2D eigenvalue weighted by atomic mass is 79.9. The number of urea groups is 1. The Morgan fingerprint density at radius 3 is 1.59 bits per heavy atom. The number of carbonyl (C=O) groups is 1. The molecule has 59 heavy (non-hydrogen) atoms. The summed E-state index contributed by atoms with van der Waals surface area (Å²) >= 11 is 7.33. The van der Waals surface area contributed by atoms with Crippen molar-refractivity contribution in [3.05, 3.63) is 175 Å². The molecule has 0 aliphatic carbocycles. The Morgan fingerprint density at radius 1 is 0.695 bits per heavy atom. The molecule has 0 fully saturated rings. The zero-order valence-corrected chi connectivity index (χ0v) is 33.5. The topological polar surface area (TPSA) is 225 Å². The SMILES string of the molecule is N#Cc1ccc(Nc2ncc(-c3ccccc3Br)c(C(=NN(C(N)=O)c3cccc([N+](=O)[O-])c3)c3nc(Nc4ccc(C#N)cc4)ncc3-c3ccccc3Br)n2)cc1. The van der Waals surface area contributed by atoms with Crippen LogP contribution in [0.1, 0.15) is 22.5 Å². The summed E-state index contributed by atoms with van der Waals surface area (Å²) in [6, 6.07) is 36.5. The van der Waals surface area contributed by atoms with Gasteiger partial charge in [-0.15, -0.1) is 0 Å². The molecule has 0 spiro atoms. The summed E-state index contributed by atoms with van der Waals surface area (Å²) in [4.78, 5) is 44.0. The van der Waals surface area contributed by atoms with E-state index in [2.05, 4.69) is 64.6 Å². The summed E-state index contributed by atoms with van der Waals surface area (Å²) in [5.41, 5.74) is 10.3. The van der Waals surface area contributed by atoms with E-state index in [9.17, 15) is 25.4 Å². The van der Waals surface area contributed by atoms with Gasteiger partial charge in [-0.05, 0) is 77.9 Å². The number of hydrogen-bond donors (Lipinski definition) is 3. The summed E-state index contributed by atoms with van der Waals surface area (Å²) in [6.45, 7) is 0. The average Bonchev–Trinajstić information content (AvgIpc) is 3.25. The van der Waals surface area contributed by atoms with Crippen LogP contribution in [0.4, 0.5) is 39.4 Å². The molecule has 5 aromatic carbocycles. The van der Waals surface area contributed by atoms with E-state index in [1.54, 1.807) is 60.9 Å². The molecule has 0 aliphatic heterocycles. The number of rotatable bonds is 11. The summed E-state index contributed by atoms with van der Waals surface area (Å²) in [5, 5.41) is 42.6. The number of non-ortho nitro benzene ring substituents is 1. The molecule has 0 bridgehead atoms. The van der Waals surface area contributed by atoms with Gasteiger partial charge in [-0.1, -0.05) is 74.3 Å². The monoisotopic (exact) mass is 904 g/mol. The van der Waals surface area contributed by atoms with Gasteiger partial charge in [-0.2, -0.15) is 20.6 Å². The first-order valence-corrected chi connectivity index (χ1v) is 18.9. The normalized spacial score (nSPS) is 10.4. The number of amides is 2. The molecule has 2 heterocycles. The van der Waals surface area contributed by atoms with E-state index in [1.807, 2.05) is 48.5 Å². The van der Waals surface area contributed by atoms with Gasteiger partial charge in [0.25, 0.3) is 5.69 Å². The quantitative estimate of drug-likeness (QED) is 0.0629. The molecule has 4 N–H and O–H groups in total. The molecule has 7 rings (SSSR count). The number of nitriles is 2. The summed E-state index contributed by atoms with van der Waals surface area (Å²) in [7, 11) is 0. The molecular formula is C42H26Br2N12O3. The Balaban J connectivity index is 1.55. The third-order valence-electron chi connectivity index (χ3n) is 8.59. The van der Waals surface area contributed by atoms with Crippen molar-refractivity contribution in [3.63, 3.8) is 0 Å². The molecular weight excluding hydrogens is 880 g/mol. The Bertz CT molecular complexity index is 2700. The van der Waals surface area contributed by atoms with Crippen LogP contribution >= 0.6 is 31.9 Å². The second kappa shape index (κ2) is 17.5. The van der Waals surface area contributed by atoms with E-state index in [0.29, 0.717) is 53.7 Å². The highest BCUT2D eigenvalue weighted by molar-refractivity contribution is 9.11. The first kappa shape index (κ1) is 39.4. The van der Waals surface area contributed by atoms with Gasteiger partial charge in [-0.3, -0.25) is 10.1 Å². The van der Waals surface area contributed by atoms with Crippen LogP contribution in [0, 0.1) is 32.8 Å². The van der Waals surface area contributed by atoms with Gasteiger partial charge >= 0.3 is 6.03 Å². The van der Waals surface area contributed by atoms with Crippen LogP contribution < -0.4 is 21.4 Å². The highest BCUT2D eigenvalue weighted by Crippen LogP contribution is 2.36. The predicted molar refractivity (Wildman–Crippen MR) is 230 cm³/mol. The first-order valence-electron chi connectivity index (χ1n) is 17.3. The number of primary amides is 1. The summed E-state index contributed by atoms with van der Waals surface area (Å²) in [6.07, 6.45) is 3.17. The average molecular weight is 907 g/mol. The van der Waals surface area contributed by atoms with Crippen LogP contribution in [-0.4, -0.2) is 36.6 Å². The van der Waals surface area contributed by atoms with Crippen molar-refractivity contribution in [2.24, 2.45) is 10.8 Å². The Kier molecular flexibility index (Phi) is 11.7. The third-order valence-corrected chi connectivity index (χ3v) is 9.97. The van der Waals surface area contributed by atoms with Crippen LogP contribution in [-0.2, 0) is 0 Å². The molecule has 0 unspecified atom stereocenters. The maximum absolute atomic E-state index is 13.4. The summed E-state index contributed by atoms with van der Waals surface area (Å²) in [5.74, 6) is 0.225. The van der Waals surface area contributed by atoms with E-state index >= 15 is 0 Å². The highest BCUT2D eigenvalue weighted by Gasteiger charge is 2.27. The Morgan fingerprint density at radius 2 is 1.17 bits per heavy atom. The number of nitrogens with two attached hydrogens (primary N) is 1. The van der Waals surface area contributed by atoms with Gasteiger partial charge in [0.1, 0.15) is 17.1 Å². The minimum Gasteiger partial charge on any atom is -0.350 e. The summed E-state index contributed by atoms with van der Waals surface area (Å²) < 4.78 is 1.36. The fourth-order valence-electron chi connectivity index (χ4n) is 5.79. The van der Waals surface area contributed by atoms with Crippen LogP contribution in [0.25, 0.3) is 22.3 Å². The number of aromatic nitrogens is 4. The van der Waals surface area contributed by atoms with Crippen molar-refractivity contribution in [1.29, 1.82) is 10.5 Å². The largest absolute Gasteiger partial charge is 0.350 e. The zero-order chi connectivity index (χ0) is 41.5. The van der Waals surface area contributed by atoms with Crippen LogP contribution in [0.5, 0.6) is 0 Å². The number of anilines is 5. The lowest BCUT2D eigenvalue weighted by Gasteiger charge is -2.21. The molecule has 15 nitrogen and oxygen atoms in total. The van der Waals surface area contributed by atoms with Gasteiger partial charge in [0, 0.05) is 56.0 Å². The number of hydrazone groups is 1. The van der Waals surface area contributed by atoms with Gasteiger partial charge in [0.05, 0.1) is 33.9 Å². The van der Waals surface area contributed by atoms with Gasteiger partial charge in [-0.25, -0.2) is 24.7 Å². The molecule has 2 aromatic heterocycles. The van der Waals surface area contributed by atoms with Crippen LogP contribution in [0.3, 0.4) is 0 Å². The maximum atomic E-state index is 13.4. The fraction of sp³-hybridized carbons (Fsp3) is 0. The first-order chi connectivity index (χ1) is 28.6. The minimum atomic E-state index is -1.07. The molecule has 0 saturated heterocycles. The van der Waals surface area contributed by atoms with Crippen molar-refractivity contribution in [2.45, 2.75) is 0 Å². The molecule has 0 saturated carbocycles. The van der Waals surface area contributed by atoms with E-state index in [0.717, 1.165) is 5.01 Å². The number of hydrogen-bond acceptors (Lipinski definition) is 12. The molecule has 0 aliphatic rings. The predicted octanol–water partition coefficient (Wildman–Crippen LogP) is 9.60. The standard InChI is InChI=1S/C42H26Br2N12O3/c43-35-10-3-1-8-31(35)33-23-48-41(50-27-16-12-25(21-45)13-17-27)52-37(33)39(54-55(40(47)57)29-6-5-7-30(20-29)56(58)59)38-34(32-9-2-4-11-36(32)44)24-49-42(53-38)51-28-18-14-26(22-46)15-19-28/h1-20,23-24H,(H2,47,57)(H,48,50,52)(H,49,51,53). The lowest BCUT2D eigenvalue weighted by Crippen LogP contribution is -2.33. The lowest BCUT2D eigenvalue weighted by atomic mass is 9.97. The molecule has 7 aromatic rings. The Labute approximate surface area is 353 Å². The lowest BCUT2D eigenvalue weighted by molar-refractivity contribution is -0.384. The van der Waals surface area contributed by atoms with Crippen molar-refractivity contribution < 1.29 is 9.72 Å². The minimum absolute atomic E-state index is 0.0101. The maximum Gasteiger partial charge on any atom is 0.340 e. The number of benzene rings is 5. The van der Waals surface area contributed by atoms with E-state index in [-0.39, 0.29) is 40.4 Å². The second-order valence-corrected chi connectivity index (χ2v) is 14.1. The molecule has 0 radical (unpaired) electrons. The number of carbonyl (C=O) groups excluding carboxylic acids is 1. The van der Waals surface area contributed by atoms with Crippen LogP contribution in [0.2, 0.25) is 0 Å². The molecule has 2 amide bonds. The second-order valence-electron chi connectivity index (χ2n) is 12.4. The van der Waals surface area contributed by atoms with Crippen molar-refractivity contribution in [3.8, 4) is 34.4 Å². The fourth-order valence-corrected chi connectivity index (χ4v) is 6.79. The van der Waals surface area contributed by atoms with Gasteiger partial charge in [0.15, 0.2) is 0 Å². The molecule has 0 atom stereocenters. The van der Waals surface area contributed by atoms with E-state index < -0.39 is 11.0 Å². The van der Waals surface area contributed by atoms with Crippen molar-refractivity contribution >= 4 is 78.2 Å². The molecule has 286 valence electrons. The number of nitrogens with one attached hydrogen (secondary N) is 2. The smallest absolute Gasteiger partial charge is 0.340 e. The van der Waals surface area contributed by atoms with E-state index in [1.165, 1.54) is 24.3 Å². The molecule has 17 heteroatoms. The number of nitro benzene ring substituents is 1. The van der Waals surface area contributed by atoms with Crippen molar-refractivity contribution in [2.75, 3.05) is 15.6 Å². The number of nitro groups is 1. The van der Waals surface area contributed by atoms with Gasteiger partial charge < -0.3 is 16.4 Å². The van der Waals surface area contributed by atoms with Gasteiger partial charge in [0.2, 0.25) is 11.9 Å².